The summed E-state index contributed by atoms with van der Waals surface area (Å²) in [6, 6.07) is 4.17. The van der Waals surface area contributed by atoms with Crippen LogP contribution in [0.15, 0.2) is 12.4 Å². The number of nitrogens with zero attached hydrogens (tertiary/aromatic N) is 5. The van der Waals surface area contributed by atoms with E-state index >= 15 is 0 Å². The number of hydrogen-bond acceptors (Lipinski definition) is 4. The Kier molecular flexibility index (Phi) is 5.35. The van der Waals surface area contributed by atoms with Crippen molar-refractivity contribution in [3.05, 3.63) is 17.4 Å². The summed E-state index contributed by atoms with van der Waals surface area (Å²) in [6.07, 6.45) is 4.17. The van der Waals surface area contributed by atoms with Crippen LogP contribution >= 0.6 is 11.6 Å². The Morgan fingerprint density at radius 1 is 1.31 bits per heavy atom. The standard InChI is InChI=1S/C10H12ClN5/c11-10-7-14-16(8-10)9-15(5-1-3-12)6-2-4-13/h7-8H,1-2,5-6,9H2. The van der Waals surface area contributed by atoms with Crippen LogP contribution in [-0.4, -0.2) is 27.8 Å². The van der Waals surface area contributed by atoms with E-state index in [4.69, 9.17) is 22.1 Å². The van der Waals surface area contributed by atoms with Crippen molar-refractivity contribution in [3.8, 4) is 12.1 Å². The lowest BCUT2D eigenvalue weighted by Gasteiger charge is -2.19. The Labute approximate surface area is 99.4 Å². The van der Waals surface area contributed by atoms with Crippen molar-refractivity contribution in [1.29, 1.82) is 10.5 Å². The van der Waals surface area contributed by atoms with E-state index in [-0.39, 0.29) is 0 Å². The predicted molar refractivity (Wildman–Crippen MR) is 59.3 cm³/mol. The van der Waals surface area contributed by atoms with Gasteiger partial charge in [0.25, 0.3) is 0 Å². The van der Waals surface area contributed by atoms with E-state index in [2.05, 4.69) is 17.2 Å². The molecule has 1 aromatic rings. The minimum atomic E-state index is 0.445. The highest BCUT2D eigenvalue weighted by molar-refractivity contribution is 6.30. The molecule has 16 heavy (non-hydrogen) atoms. The van der Waals surface area contributed by atoms with E-state index in [0.29, 0.717) is 37.6 Å². The van der Waals surface area contributed by atoms with Crippen LogP contribution in [0.3, 0.4) is 0 Å². The van der Waals surface area contributed by atoms with Gasteiger partial charge in [-0.2, -0.15) is 15.6 Å². The van der Waals surface area contributed by atoms with Crippen LogP contribution in [0.25, 0.3) is 0 Å². The molecule has 0 spiro atoms. The van der Waals surface area contributed by atoms with Crippen molar-refractivity contribution in [1.82, 2.24) is 14.7 Å². The number of rotatable bonds is 6. The Balaban J connectivity index is 2.49. The fraction of sp³-hybridized carbons (Fsp3) is 0.500. The van der Waals surface area contributed by atoms with Crippen LogP contribution < -0.4 is 0 Å². The molecular weight excluding hydrogens is 226 g/mol. The molecule has 0 N–H and O–H groups in total. The summed E-state index contributed by atoms with van der Waals surface area (Å²) in [7, 11) is 0. The molecule has 0 amide bonds. The van der Waals surface area contributed by atoms with Gasteiger partial charge in [0.1, 0.15) is 0 Å². The van der Waals surface area contributed by atoms with Gasteiger partial charge >= 0.3 is 0 Å². The molecule has 0 fully saturated rings. The second-order valence-corrected chi connectivity index (χ2v) is 3.71. The third-order valence-corrected chi connectivity index (χ3v) is 2.22. The van der Waals surface area contributed by atoms with Gasteiger partial charge in [-0.15, -0.1) is 0 Å². The van der Waals surface area contributed by atoms with Crippen LogP contribution in [0.2, 0.25) is 5.02 Å². The van der Waals surface area contributed by atoms with E-state index in [1.54, 1.807) is 17.1 Å². The number of aromatic nitrogens is 2. The Morgan fingerprint density at radius 2 is 1.94 bits per heavy atom. The summed E-state index contributed by atoms with van der Waals surface area (Å²) in [5.41, 5.74) is 0. The fourth-order valence-corrected chi connectivity index (χ4v) is 1.45. The minimum Gasteiger partial charge on any atom is -0.282 e. The average molecular weight is 238 g/mol. The zero-order valence-corrected chi connectivity index (χ0v) is 9.56. The highest BCUT2D eigenvalue weighted by Crippen LogP contribution is 2.06. The summed E-state index contributed by atoms with van der Waals surface area (Å²) in [5.74, 6) is 0. The SMILES string of the molecule is N#CCCN(CCC#N)Cn1cc(Cl)cn1. The maximum Gasteiger partial charge on any atom is 0.0929 e. The molecule has 1 aromatic heterocycles. The molecule has 1 heterocycles. The highest BCUT2D eigenvalue weighted by Gasteiger charge is 2.05. The third kappa shape index (κ3) is 4.31. The van der Waals surface area contributed by atoms with Crippen LogP contribution in [0.1, 0.15) is 12.8 Å². The average Bonchev–Trinajstić information content (AvgIpc) is 2.68. The molecule has 0 saturated heterocycles. The molecular formula is C10H12ClN5. The first-order valence-corrected chi connectivity index (χ1v) is 5.28. The smallest absolute Gasteiger partial charge is 0.0929 e. The molecule has 0 aromatic carbocycles. The topological polar surface area (TPSA) is 68.6 Å². The van der Waals surface area contributed by atoms with Crippen molar-refractivity contribution >= 4 is 11.6 Å². The summed E-state index contributed by atoms with van der Waals surface area (Å²) >= 11 is 5.75. The molecule has 0 aliphatic carbocycles. The molecule has 0 saturated carbocycles. The van der Waals surface area contributed by atoms with Gasteiger partial charge in [-0.3, -0.25) is 9.58 Å². The first-order chi connectivity index (χ1) is 7.76. The monoisotopic (exact) mass is 237 g/mol. The Bertz CT molecular complexity index is 382. The molecule has 0 atom stereocenters. The first kappa shape index (κ1) is 12.5. The predicted octanol–water partition coefficient (Wildman–Crippen LogP) is 1.62. The van der Waals surface area contributed by atoms with Gasteiger partial charge < -0.3 is 0 Å². The second kappa shape index (κ2) is 6.84. The quantitative estimate of drug-likeness (QED) is 0.754. The van der Waals surface area contributed by atoms with Crippen LogP contribution in [0.4, 0.5) is 0 Å². The van der Waals surface area contributed by atoms with Crippen LogP contribution in [0.5, 0.6) is 0 Å². The van der Waals surface area contributed by atoms with Gasteiger partial charge in [-0.25, -0.2) is 0 Å². The number of halogens is 1. The zero-order chi connectivity index (χ0) is 11.8. The number of hydrogen-bond donors (Lipinski definition) is 0. The van der Waals surface area contributed by atoms with E-state index in [0.717, 1.165) is 0 Å². The van der Waals surface area contributed by atoms with Crippen molar-refractivity contribution in [2.24, 2.45) is 0 Å². The van der Waals surface area contributed by atoms with Crippen molar-refractivity contribution in [2.45, 2.75) is 19.5 Å². The molecule has 0 aliphatic heterocycles. The van der Waals surface area contributed by atoms with Crippen LogP contribution in [-0.2, 0) is 6.67 Å². The van der Waals surface area contributed by atoms with Gasteiger partial charge in [0.2, 0.25) is 0 Å². The Morgan fingerprint density at radius 3 is 2.38 bits per heavy atom. The molecule has 0 aliphatic rings. The molecule has 0 unspecified atom stereocenters. The number of nitriles is 2. The first-order valence-electron chi connectivity index (χ1n) is 4.90. The summed E-state index contributed by atoms with van der Waals surface area (Å²) in [6.45, 7) is 1.82. The Hall–Kier alpha value is -1.56. The maximum absolute atomic E-state index is 8.53. The maximum atomic E-state index is 8.53. The lowest BCUT2D eigenvalue weighted by Crippen LogP contribution is -2.28. The lowest BCUT2D eigenvalue weighted by atomic mass is 10.3. The summed E-state index contributed by atoms with van der Waals surface area (Å²) in [5, 5.41) is 21.7. The largest absolute Gasteiger partial charge is 0.282 e. The minimum absolute atomic E-state index is 0.445. The molecule has 5 nitrogen and oxygen atoms in total. The summed E-state index contributed by atoms with van der Waals surface area (Å²) < 4.78 is 1.69. The molecule has 0 radical (unpaired) electrons. The lowest BCUT2D eigenvalue weighted by molar-refractivity contribution is 0.216. The highest BCUT2D eigenvalue weighted by atomic mass is 35.5. The van der Waals surface area contributed by atoms with Crippen LogP contribution in [0, 0.1) is 22.7 Å². The van der Waals surface area contributed by atoms with E-state index in [1.807, 2.05) is 4.90 Å². The fourth-order valence-electron chi connectivity index (χ4n) is 1.29. The van der Waals surface area contributed by atoms with Gasteiger partial charge in [0.15, 0.2) is 0 Å². The van der Waals surface area contributed by atoms with Crippen molar-refractivity contribution in [3.63, 3.8) is 0 Å². The normalized spacial score (nSPS) is 10.0. The zero-order valence-electron chi connectivity index (χ0n) is 8.80. The van der Waals surface area contributed by atoms with E-state index in [9.17, 15) is 0 Å². The molecule has 84 valence electrons. The molecule has 0 bridgehead atoms. The summed E-state index contributed by atoms with van der Waals surface area (Å²) in [4.78, 5) is 2.00. The van der Waals surface area contributed by atoms with Gasteiger partial charge in [-0.1, -0.05) is 11.6 Å². The second-order valence-electron chi connectivity index (χ2n) is 3.27. The third-order valence-electron chi connectivity index (χ3n) is 2.03. The van der Waals surface area contributed by atoms with E-state index < -0.39 is 0 Å². The van der Waals surface area contributed by atoms with Gasteiger partial charge in [0.05, 0.1) is 30.0 Å². The van der Waals surface area contributed by atoms with Crippen molar-refractivity contribution in [2.75, 3.05) is 13.1 Å². The molecule has 1 rings (SSSR count). The van der Waals surface area contributed by atoms with E-state index in [1.165, 1.54) is 0 Å². The van der Waals surface area contributed by atoms with Gasteiger partial charge in [0, 0.05) is 32.1 Å². The molecule has 6 heteroatoms. The van der Waals surface area contributed by atoms with Gasteiger partial charge in [-0.05, 0) is 0 Å². The van der Waals surface area contributed by atoms with Crippen molar-refractivity contribution < 1.29 is 0 Å².